The molecule has 4 N–H and O–H groups in total. The van der Waals surface area contributed by atoms with Crippen LogP contribution in [0.1, 0.15) is 48.0 Å². The van der Waals surface area contributed by atoms with E-state index in [0.29, 0.717) is 17.1 Å². The number of aromatic amines is 1. The number of fused-ring (bicyclic) bond motifs is 2. The van der Waals surface area contributed by atoms with Crippen LogP contribution in [-0.2, 0) is 18.6 Å². The summed E-state index contributed by atoms with van der Waals surface area (Å²) in [6, 6.07) is 0.860. The summed E-state index contributed by atoms with van der Waals surface area (Å²) < 4.78 is 56.0. The predicted octanol–water partition coefficient (Wildman–Crippen LogP) is 1.23. The van der Waals surface area contributed by atoms with E-state index < -0.39 is 56.9 Å². The fraction of sp³-hybridized carbons (Fsp3) is 0.417. The Labute approximate surface area is 232 Å². The van der Waals surface area contributed by atoms with Crippen LogP contribution in [0.4, 0.5) is 8.63 Å². The van der Waals surface area contributed by atoms with Gasteiger partial charge in [-0.15, -0.1) is 0 Å². The average Bonchev–Trinajstić information content (AvgIpc) is 3.54. The lowest BCUT2D eigenvalue weighted by Gasteiger charge is -2.30. The maximum atomic E-state index is 15.7. The van der Waals surface area contributed by atoms with Gasteiger partial charge in [0.1, 0.15) is 18.0 Å². The molecule has 0 saturated carbocycles. The number of amides is 1. The molecule has 0 aromatic carbocycles. The second-order valence-corrected chi connectivity index (χ2v) is 11.6. The molecular formula is C24H29BF2N5O8P. The number of rotatable bonds is 8. The summed E-state index contributed by atoms with van der Waals surface area (Å²) in [5.74, 6) is -0.523. The van der Waals surface area contributed by atoms with Gasteiger partial charge in [0.2, 0.25) is 5.91 Å². The van der Waals surface area contributed by atoms with E-state index in [9.17, 15) is 18.9 Å². The lowest BCUT2D eigenvalue weighted by molar-refractivity contribution is -0.362. The van der Waals surface area contributed by atoms with Crippen molar-refractivity contribution < 1.29 is 41.5 Å². The van der Waals surface area contributed by atoms with Crippen molar-refractivity contribution in [2.45, 2.75) is 58.4 Å². The number of carbonyl (C=O) groups excluding carboxylic acids is 1. The summed E-state index contributed by atoms with van der Waals surface area (Å²) in [6.45, 7) is 0.0989. The number of aryl methyl sites for hydroxylation is 3. The first-order chi connectivity index (χ1) is 19.2. The van der Waals surface area contributed by atoms with Gasteiger partial charge in [-0.25, -0.2) is 9.36 Å². The van der Waals surface area contributed by atoms with Crippen LogP contribution < -0.4 is 16.6 Å². The molecule has 1 amide bonds. The van der Waals surface area contributed by atoms with Crippen LogP contribution in [0, 0.1) is 20.8 Å². The monoisotopic (exact) mass is 595 g/mol. The number of aromatic nitrogens is 3. The van der Waals surface area contributed by atoms with Crippen LogP contribution >= 0.6 is 7.82 Å². The number of carbonyl (C=O) groups is 1. The summed E-state index contributed by atoms with van der Waals surface area (Å²) >= 11 is 0. The van der Waals surface area contributed by atoms with Crippen LogP contribution in [0.25, 0.3) is 6.08 Å². The highest BCUT2D eigenvalue weighted by atomic mass is 31.2. The average molecular weight is 595 g/mol. The number of hydrogen-bond acceptors (Lipinski definition) is 6. The summed E-state index contributed by atoms with van der Waals surface area (Å²) in [7, 11) is -4.88. The molecule has 3 aliphatic heterocycles. The number of phosphoric acid groups is 1. The van der Waals surface area contributed by atoms with E-state index in [1.165, 1.54) is 13.1 Å². The van der Waals surface area contributed by atoms with Gasteiger partial charge in [-0.3, -0.25) is 23.7 Å². The highest BCUT2D eigenvalue weighted by Crippen LogP contribution is 2.38. The fourth-order valence-electron chi connectivity index (χ4n) is 5.60. The predicted molar refractivity (Wildman–Crippen MR) is 143 cm³/mol. The summed E-state index contributed by atoms with van der Waals surface area (Å²) in [6.07, 6.45) is 3.91. The number of hydrogen-bond donors (Lipinski definition) is 4. The first-order valence-electron chi connectivity index (χ1n) is 12.9. The molecule has 3 atom stereocenters. The Morgan fingerprint density at radius 1 is 1.27 bits per heavy atom. The summed E-state index contributed by atoms with van der Waals surface area (Å²) in [5.41, 5.74) is 1.11. The Kier molecular flexibility index (Phi) is 7.41. The number of nitrogens with one attached hydrogen (secondary N) is 2. The van der Waals surface area contributed by atoms with Gasteiger partial charge in [0.05, 0.1) is 12.6 Å². The van der Waals surface area contributed by atoms with Gasteiger partial charge >= 0.3 is 20.5 Å². The van der Waals surface area contributed by atoms with Crippen molar-refractivity contribution in [3.8, 4) is 0 Å². The standard InChI is InChI=1S/C24H29BF2N5O8P/c1-13-8-15(3)31-19(13)9-17-5-4-16(32(17)25(31,26)27)6-7-21(33)28-18-10-22(40-20(18)12-39-41(36,37)38)30-11-14(2)23(34)29-24(30)35/h4-5,8-9,11,18,20,22H,6-7,10,12H2,1-3H3,(H,28,33)(H,29,34,35)(H2,36,37,38)/t18-,20+,22+/m0/s1. The van der Waals surface area contributed by atoms with E-state index in [4.69, 9.17) is 14.5 Å². The number of phosphoric ester groups is 1. The number of halogens is 2. The van der Waals surface area contributed by atoms with Gasteiger partial charge in [0.15, 0.2) is 5.70 Å². The van der Waals surface area contributed by atoms with Gasteiger partial charge in [-0.05, 0) is 38.1 Å². The zero-order chi connectivity index (χ0) is 29.9. The molecule has 0 bridgehead atoms. The molecule has 17 heteroatoms. The molecule has 2 aromatic rings. The van der Waals surface area contributed by atoms with Crippen molar-refractivity contribution in [3.05, 3.63) is 73.5 Å². The van der Waals surface area contributed by atoms with Crippen molar-refractivity contribution in [2.75, 3.05) is 6.61 Å². The zero-order valence-electron chi connectivity index (χ0n) is 22.4. The van der Waals surface area contributed by atoms with Crippen LogP contribution in [0.15, 0.2) is 39.7 Å². The zero-order valence-corrected chi connectivity index (χ0v) is 23.3. The number of H-pyrrole nitrogens is 1. The smallest absolute Gasteiger partial charge is 0.394 e. The fourth-order valence-corrected chi connectivity index (χ4v) is 5.94. The number of ether oxygens (including phenoxy) is 1. The van der Waals surface area contributed by atoms with Crippen LogP contribution in [0.3, 0.4) is 0 Å². The van der Waals surface area contributed by atoms with Crippen molar-refractivity contribution >= 4 is 32.5 Å². The van der Waals surface area contributed by atoms with E-state index >= 15 is 8.63 Å². The first kappa shape index (κ1) is 29.1. The quantitative estimate of drug-likeness (QED) is 0.261. The maximum Gasteiger partial charge on any atom is 0.737 e. The van der Waals surface area contributed by atoms with Crippen LogP contribution in [0.5, 0.6) is 0 Å². The SMILES string of the molecule is Cc1cc(C)n2c1C=C1C=CC(CCC(=O)N[C@H]3C[C@H](n4cc(C)c(=O)[nH]c4=O)O[C@@H]3COP(=O)(O)O)=[N+]1[B-]2(F)F. The van der Waals surface area contributed by atoms with E-state index in [-0.39, 0.29) is 30.5 Å². The molecule has 1 fully saturated rings. The minimum absolute atomic E-state index is 0.00905. The highest BCUT2D eigenvalue weighted by Gasteiger charge is 2.52. The Balaban J connectivity index is 1.32. The largest absolute Gasteiger partial charge is 0.737 e. The van der Waals surface area contributed by atoms with Gasteiger partial charge < -0.3 is 37.4 Å². The molecule has 5 heterocycles. The van der Waals surface area contributed by atoms with E-state index in [1.54, 1.807) is 38.1 Å². The molecule has 220 valence electrons. The Morgan fingerprint density at radius 3 is 2.71 bits per heavy atom. The third-order valence-electron chi connectivity index (χ3n) is 7.46. The Bertz CT molecular complexity index is 1690. The molecule has 0 spiro atoms. The first-order valence-corrected chi connectivity index (χ1v) is 14.4. The topological polar surface area (TPSA) is 168 Å². The van der Waals surface area contributed by atoms with Crippen molar-refractivity contribution in [3.63, 3.8) is 0 Å². The van der Waals surface area contributed by atoms with E-state index in [1.807, 2.05) is 0 Å². The third-order valence-corrected chi connectivity index (χ3v) is 7.95. The molecule has 13 nitrogen and oxygen atoms in total. The third kappa shape index (κ3) is 5.57. The molecule has 0 unspecified atom stereocenters. The lowest BCUT2D eigenvalue weighted by atomic mass is 9.90. The van der Waals surface area contributed by atoms with E-state index in [0.717, 1.165) is 19.1 Å². The second-order valence-electron chi connectivity index (χ2n) is 10.4. The van der Waals surface area contributed by atoms with Gasteiger partial charge in [-0.1, -0.05) is 0 Å². The van der Waals surface area contributed by atoms with Gasteiger partial charge in [0, 0.05) is 54.9 Å². The molecular weight excluding hydrogens is 566 g/mol. The summed E-state index contributed by atoms with van der Waals surface area (Å²) in [4.78, 5) is 57.5. The highest BCUT2D eigenvalue weighted by molar-refractivity contribution is 7.46. The molecule has 1 saturated heterocycles. The molecule has 0 aliphatic carbocycles. The second kappa shape index (κ2) is 10.4. The molecule has 5 rings (SSSR count). The Morgan fingerprint density at radius 2 is 2.00 bits per heavy atom. The van der Waals surface area contributed by atoms with Crippen LogP contribution in [-0.4, -0.2) is 65.6 Å². The lowest BCUT2D eigenvalue weighted by Crippen LogP contribution is -2.50. The molecule has 0 radical (unpaired) electrons. The van der Waals surface area contributed by atoms with E-state index in [2.05, 4.69) is 14.8 Å². The molecule has 41 heavy (non-hydrogen) atoms. The minimum Gasteiger partial charge on any atom is -0.394 e. The Hall–Kier alpha value is -3.43. The van der Waals surface area contributed by atoms with Crippen molar-refractivity contribution in [1.29, 1.82) is 0 Å². The van der Waals surface area contributed by atoms with Crippen LogP contribution in [0.2, 0.25) is 0 Å². The van der Waals surface area contributed by atoms with Crippen molar-refractivity contribution in [1.82, 2.24) is 19.3 Å². The van der Waals surface area contributed by atoms with Gasteiger partial charge in [-0.2, -0.15) is 0 Å². The summed E-state index contributed by atoms with van der Waals surface area (Å²) in [5, 5.41) is 2.71. The number of nitrogens with zero attached hydrogens (tertiary/aromatic N) is 3. The normalized spacial score (nSPS) is 23.0. The minimum atomic E-state index is -4.88. The maximum absolute atomic E-state index is 15.7. The molecule has 2 aromatic heterocycles. The van der Waals surface area contributed by atoms with Crippen molar-refractivity contribution in [2.24, 2.45) is 0 Å². The van der Waals surface area contributed by atoms with Gasteiger partial charge in [0.25, 0.3) is 5.56 Å². The molecule has 3 aliphatic rings. The number of allylic oxidation sites excluding steroid dienone is 2.